The van der Waals surface area contributed by atoms with Gasteiger partial charge in [0, 0.05) is 12.5 Å². The van der Waals surface area contributed by atoms with Gasteiger partial charge in [0.05, 0.1) is 13.0 Å². The minimum atomic E-state index is -0.533. The third kappa shape index (κ3) is 3.94. The Hall–Kier alpha value is -2.69. The molecule has 0 aliphatic heterocycles. The molecular weight excluding hydrogens is 299 g/mol. The summed E-state index contributed by atoms with van der Waals surface area (Å²) in [6.07, 6.45) is 0. The van der Waals surface area contributed by atoms with Crippen molar-refractivity contribution in [1.82, 2.24) is 0 Å². The van der Waals surface area contributed by atoms with Gasteiger partial charge in [-0.25, -0.2) is 4.39 Å². The van der Waals surface area contributed by atoms with Crippen molar-refractivity contribution in [2.24, 2.45) is 0 Å². The van der Waals surface area contributed by atoms with E-state index < -0.39 is 23.7 Å². The third-order valence-electron chi connectivity index (χ3n) is 3.47. The van der Waals surface area contributed by atoms with Gasteiger partial charge in [-0.1, -0.05) is 24.3 Å². The molecule has 0 heterocycles. The highest BCUT2D eigenvalue weighted by molar-refractivity contribution is 5.78. The molecular formula is C18H17FO4. The summed E-state index contributed by atoms with van der Waals surface area (Å²) in [6, 6.07) is 11.2. The fourth-order valence-electron chi connectivity index (χ4n) is 2.22. The van der Waals surface area contributed by atoms with Crippen LogP contribution in [0.2, 0.25) is 0 Å². The largest absolute Gasteiger partial charge is 0.469 e. The minimum Gasteiger partial charge on any atom is -0.469 e. The maximum atomic E-state index is 14.3. The average Bonchev–Trinajstić information content (AvgIpc) is 2.53. The summed E-state index contributed by atoms with van der Waals surface area (Å²) in [5, 5.41) is 0. The van der Waals surface area contributed by atoms with Crippen molar-refractivity contribution in [3.05, 3.63) is 53.8 Å². The molecule has 5 heteroatoms. The third-order valence-corrected chi connectivity index (χ3v) is 3.47. The first-order valence-corrected chi connectivity index (χ1v) is 7.08. The number of rotatable bonds is 4. The van der Waals surface area contributed by atoms with E-state index in [1.807, 2.05) is 0 Å². The van der Waals surface area contributed by atoms with Crippen molar-refractivity contribution in [2.45, 2.75) is 19.8 Å². The van der Waals surface area contributed by atoms with E-state index in [1.54, 1.807) is 43.3 Å². The van der Waals surface area contributed by atoms with Gasteiger partial charge in [-0.05, 0) is 36.2 Å². The van der Waals surface area contributed by atoms with Crippen molar-refractivity contribution >= 4 is 11.9 Å². The van der Waals surface area contributed by atoms with Gasteiger partial charge in [0.25, 0.3) is 0 Å². The molecule has 0 N–H and O–H groups in total. The highest BCUT2D eigenvalue weighted by atomic mass is 19.1. The normalized spacial score (nSPS) is 11.7. The van der Waals surface area contributed by atoms with E-state index in [9.17, 15) is 14.0 Å². The number of hydrogen-bond donors (Lipinski definition) is 0. The smallest absolute Gasteiger partial charge is 0.312 e. The van der Waals surface area contributed by atoms with Gasteiger partial charge < -0.3 is 9.47 Å². The minimum absolute atomic E-state index is 0.401. The Kier molecular flexibility index (Phi) is 5.11. The summed E-state index contributed by atoms with van der Waals surface area (Å²) < 4.78 is 23.9. The van der Waals surface area contributed by atoms with E-state index in [4.69, 9.17) is 4.74 Å². The fourth-order valence-corrected chi connectivity index (χ4v) is 2.22. The monoisotopic (exact) mass is 316 g/mol. The number of carbonyl (C=O) groups excluding carboxylic acids is 2. The quantitative estimate of drug-likeness (QED) is 0.637. The number of carbonyl (C=O) groups is 2. The van der Waals surface area contributed by atoms with Gasteiger partial charge in [0.2, 0.25) is 0 Å². The molecule has 0 aliphatic rings. The number of halogens is 1. The molecule has 2 aromatic rings. The van der Waals surface area contributed by atoms with Crippen molar-refractivity contribution in [1.29, 1.82) is 0 Å². The van der Waals surface area contributed by atoms with Crippen LogP contribution in [0.1, 0.15) is 25.3 Å². The Morgan fingerprint density at radius 3 is 2.26 bits per heavy atom. The predicted molar refractivity (Wildman–Crippen MR) is 83.6 cm³/mol. The SMILES string of the molecule is COC(=O)[C@@H](C)c1ccc(-c2ccc(OC(C)=O)cc2)c(F)c1. The van der Waals surface area contributed by atoms with Gasteiger partial charge in [0.15, 0.2) is 0 Å². The molecule has 0 radical (unpaired) electrons. The molecule has 0 aliphatic carbocycles. The topological polar surface area (TPSA) is 52.6 Å². The van der Waals surface area contributed by atoms with Crippen LogP contribution in [0.3, 0.4) is 0 Å². The molecule has 0 saturated carbocycles. The van der Waals surface area contributed by atoms with Gasteiger partial charge in [-0.15, -0.1) is 0 Å². The maximum absolute atomic E-state index is 14.3. The Labute approximate surface area is 133 Å². The number of ether oxygens (including phenoxy) is 2. The van der Waals surface area contributed by atoms with E-state index in [0.29, 0.717) is 22.4 Å². The van der Waals surface area contributed by atoms with Crippen LogP contribution in [0.25, 0.3) is 11.1 Å². The molecule has 0 saturated heterocycles. The molecule has 0 aromatic heterocycles. The lowest BCUT2D eigenvalue weighted by molar-refractivity contribution is -0.142. The number of methoxy groups -OCH3 is 1. The van der Waals surface area contributed by atoms with Crippen LogP contribution in [0, 0.1) is 5.82 Å². The molecule has 0 fully saturated rings. The summed E-state index contributed by atoms with van der Waals surface area (Å²) >= 11 is 0. The standard InChI is InChI=1S/C18H17FO4/c1-11(18(21)22-3)14-6-9-16(17(19)10-14)13-4-7-15(8-5-13)23-12(2)20/h4-11H,1-3H3/t11-/m0/s1. The molecule has 0 bridgehead atoms. The first-order valence-electron chi connectivity index (χ1n) is 7.08. The molecule has 4 nitrogen and oxygen atoms in total. The first kappa shape index (κ1) is 16.7. The molecule has 23 heavy (non-hydrogen) atoms. The van der Waals surface area contributed by atoms with Gasteiger partial charge in [0.1, 0.15) is 11.6 Å². The second-order valence-electron chi connectivity index (χ2n) is 5.10. The summed E-state index contributed by atoms with van der Waals surface area (Å²) in [5.74, 6) is -1.39. The van der Waals surface area contributed by atoms with Gasteiger partial charge in [-0.2, -0.15) is 0 Å². The second kappa shape index (κ2) is 7.05. The Balaban J connectivity index is 2.27. The lowest BCUT2D eigenvalue weighted by Gasteiger charge is -2.11. The first-order chi connectivity index (χ1) is 10.9. The predicted octanol–water partition coefficient (Wildman–Crippen LogP) is 3.69. The molecule has 2 rings (SSSR count). The van der Waals surface area contributed by atoms with Crippen molar-refractivity contribution < 1.29 is 23.5 Å². The lowest BCUT2D eigenvalue weighted by Crippen LogP contribution is -2.11. The van der Waals surface area contributed by atoms with Crippen LogP contribution < -0.4 is 4.74 Å². The van der Waals surface area contributed by atoms with Crippen LogP contribution in [-0.4, -0.2) is 19.0 Å². The molecule has 0 amide bonds. The number of hydrogen-bond acceptors (Lipinski definition) is 4. The lowest BCUT2D eigenvalue weighted by atomic mass is 9.97. The highest BCUT2D eigenvalue weighted by Crippen LogP contribution is 2.28. The molecule has 0 unspecified atom stereocenters. The van der Waals surface area contributed by atoms with E-state index in [1.165, 1.54) is 20.1 Å². The van der Waals surface area contributed by atoms with E-state index in [2.05, 4.69) is 4.74 Å². The molecule has 0 spiro atoms. The fraction of sp³-hybridized carbons (Fsp3) is 0.222. The van der Waals surface area contributed by atoms with Crippen molar-refractivity contribution in [3.8, 4) is 16.9 Å². The Morgan fingerprint density at radius 2 is 1.74 bits per heavy atom. The van der Waals surface area contributed by atoms with Gasteiger partial charge >= 0.3 is 11.9 Å². The van der Waals surface area contributed by atoms with Crippen LogP contribution in [0.4, 0.5) is 4.39 Å². The van der Waals surface area contributed by atoms with Crippen molar-refractivity contribution in [2.75, 3.05) is 7.11 Å². The second-order valence-corrected chi connectivity index (χ2v) is 5.10. The van der Waals surface area contributed by atoms with Crippen molar-refractivity contribution in [3.63, 3.8) is 0 Å². The zero-order chi connectivity index (χ0) is 17.0. The Bertz CT molecular complexity index is 722. The maximum Gasteiger partial charge on any atom is 0.312 e. The van der Waals surface area contributed by atoms with E-state index in [0.717, 1.165) is 0 Å². The van der Waals surface area contributed by atoms with Crippen LogP contribution in [0.5, 0.6) is 5.75 Å². The highest BCUT2D eigenvalue weighted by Gasteiger charge is 2.17. The van der Waals surface area contributed by atoms with Crippen LogP contribution >= 0.6 is 0 Å². The summed E-state index contributed by atoms with van der Waals surface area (Å²) in [5.41, 5.74) is 1.60. The number of benzene rings is 2. The molecule has 120 valence electrons. The summed E-state index contributed by atoms with van der Waals surface area (Å²) in [6.45, 7) is 2.98. The van der Waals surface area contributed by atoms with Gasteiger partial charge in [-0.3, -0.25) is 9.59 Å². The zero-order valence-electron chi connectivity index (χ0n) is 13.1. The summed E-state index contributed by atoms with van der Waals surface area (Å²) in [4.78, 5) is 22.4. The average molecular weight is 316 g/mol. The zero-order valence-corrected chi connectivity index (χ0v) is 13.1. The molecule has 2 aromatic carbocycles. The number of esters is 2. The van der Waals surface area contributed by atoms with Crippen LogP contribution in [-0.2, 0) is 14.3 Å². The summed E-state index contributed by atoms with van der Waals surface area (Å²) in [7, 11) is 1.30. The molecule has 1 atom stereocenters. The van der Waals surface area contributed by atoms with E-state index in [-0.39, 0.29) is 0 Å². The van der Waals surface area contributed by atoms with E-state index >= 15 is 0 Å². The van der Waals surface area contributed by atoms with Crippen LogP contribution in [0.15, 0.2) is 42.5 Å². The Morgan fingerprint density at radius 1 is 1.09 bits per heavy atom.